The van der Waals surface area contributed by atoms with Gasteiger partial charge in [-0.3, -0.25) is 4.79 Å². The Hall–Kier alpha value is -2.63. The zero-order valence-corrected chi connectivity index (χ0v) is 19.8. The van der Waals surface area contributed by atoms with Crippen molar-refractivity contribution in [3.63, 3.8) is 0 Å². The van der Waals surface area contributed by atoms with Crippen molar-refractivity contribution in [2.45, 2.75) is 43.2 Å². The molecule has 0 spiro atoms. The summed E-state index contributed by atoms with van der Waals surface area (Å²) in [6, 6.07) is 22.6. The SMILES string of the molecule is O=C(Nc1ccc(SC[C@@H]2CCCN3CCCC[C@H]23)nc1)c1ccc(-c2ccccc2)cc1. The van der Waals surface area contributed by atoms with Crippen LogP contribution >= 0.6 is 11.8 Å². The summed E-state index contributed by atoms with van der Waals surface area (Å²) in [5, 5.41) is 4.01. The summed E-state index contributed by atoms with van der Waals surface area (Å²) in [4.78, 5) is 20.0. The van der Waals surface area contributed by atoms with E-state index < -0.39 is 0 Å². The maximum absolute atomic E-state index is 12.7. The Morgan fingerprint density at radius 1 is 0.909 bits per heavy atom. The predicted octanol–water partition coefficient (Wildman–Crippen LogP) is 6.36. The van der Waals surface area contributed by atoms with E-state index in [-0.39, 0.29) is 5.91 Å². The molecule has 0 unspecified atom stereocenters. The third-order valence-corrected chi connectivity index (χ3v) is 8.05. The number of benzene rings is 2. The molecule has 0 aliphatic carbocycles. The number of thioether (sulfide) groups is 1. The number of hydrogen-bond acceptors (Lipinski definition) is 4. The third-order valence-electron chi connectivity index (χ3n) is 6.92. The Morgan fingerprint density at radius 2 is 1.70 bits per heavy atom. The van der Waals surface area contributed by atoms with E-state index in [0.717, 1.165) is 39.6 Å². The highest BCUT2D eigenvalue weighted by molar-refractivity contribution is 7.99. The molecule has 0 saturated carbocycles. The number of piperidine rings is 2. The second-order valence-electron chi connectivity index (χ2n) is 9.10. The van der Waals surface area contributed by atoms with Crippen LogP contribution in [0, 0.1) is 5.92 Å². The summed E-state index contributed by atoms with van der Waals surface area (Å²) in [6.07, 6.45) is 8.53. The molecule has 1 aromatic heterocycles. The van der Waals surface area contributed by atoms with Gasteiger partial charge in [-0.05, 0) is 80.1 Å². The Balaban J connectivity index is 1.15. The maximum Gasteiger partial charge on any atom is 0.255 e. The van der Waals surface area contributed by atoms with Gasteiger partial charge in [0.1, 0.15) is 0 Å². The van der Waals surface area contributed by atoms with Crippen LogP contribution in [0.3, 0.4) is 0 Å². The van der Waals surface area contributed by atoms with Gasteiger partial charge in [0.25, 0.3) is 5.91 Å². The summed E-state index contributed by atoms with van der Waals surface area (Å²) in [7, 11) is 0. The molecular weight excluding hydrogens is 426 g/mol. The van der Waals surface area contributed by atoms with Gasteiger partial charge in [-0.15, -0.1) is 11.8 Å². The molecule has 2 aromatic carbocycles. The Morgan fingerprint density at radius 3 is 2.48 bits per heavy atom. The third kappa shape index (κ3) is 5.48. The van der Waals surface area contributed by atoms with Crippen molar-refractivity contribution in [2.75, 3.05) is 24.2 Å². The lowest BCUT2D eigenvalue weighted by atomic mass is 9.85. The van der Waals surface area contributed by atoms with Crippen LogP contribution in [0.15, 0.2) is 78.0 Å². The van der Waals surface area contributed by atoms with E-state index in [0.29, 0.717) is 5.56 Å². The van der Waals surface area contributed by atoms with E-state index in [2.05, 4.69) is 27.3 Å². The van der Waals surface area contributed by atoms with Gasteiger partial charge in [-0.2, -0.15) is 0 Å². The highest BCUT2D eigenvalue weighted by Gasteiger charge is 2.32. The number of amides is 1. The van der Waals surface area contributed by atoms with Gasteiger partial charge in [-0.1, -0.05) is 48.9 Å². The van der Waals surface area contributed by atoms with Crippen molar-refractivity contribution in [2.24, 2.45) is 5.92 Å². The van der Waals surface area contributed by atoms with E-state index in [9.17, 15) is 4.79 Å². The van der Waals surface area contributed by atoms with Crippen molar-refractivity contribution in [3.8, 4) is 11.1 Å². The van der Waals surface area contributed by atoms with Gasteiger partial charge in [-0.25, -0.2) is 4.98 Å². The zero-order valence-electron chi connectivity index (χ0n) is 19.0. The molecule has 3 heterocycles. The number of fused-ring (bicyclic) bond motifs is 1. The zero-order chi connectivity index (χ0) is 22.5. The lowest BCUT2D eigenvalue weighted by molar-refractivity contribution is 0.0693. The van der Waals surface area contributed by atoms with Gasteiger partial charge in [0.2, 0.25) is 0 Å². The van der Waals surface area contributed by atoms with Crippen LogP contribution in [0.4, 0.5) is 5.69 Å². The molecule has 2 saturated heterocycles. The molecule has 5 heteroatoms. The van der Waals surface area contributed by atoms with Crippen molar-refractivity contribution in [3.05, 3.63) is 78.5 Å². The van der Waals surface area contributed by atoms with Crippen molar-refractivity contribution >= 4 is 23.4 Å². The number of rotatable bonds is 6. The second-order valence-corrected chi connectivity index (χ2v) is 10.1. The largest absolute Gasteiger partial charge is 0.321 e. The molecule has 4 nitrogen and oxygen atoms in total. The first-order valence-corrected chi connectivity index (χ1v) is 13.0. The summed E-state index contributed by atoms with van der Waals surface area (Å²) in [5.41, 5.74) is 3.62. The number of anilines is 1. The van der Waals surface area contributed by atoms with Gasteiger partial charge in [0, 0.05) is 17.4 Å². The fourth-order valence-corrected chi connectivity index (χ4v) is 6.22. The number of carbonyl (C=O) groups is 1. The molecule has 5 rings (SSSR count). The molecule has 1 N–H and O–H groups in total. The van der Waals surface area contributed by atoms with Gasteiger partial charge in [0.05, 0.1) is 16.9 Å². The molecular formula is C28H31N3OS. The predicted molar refractivity (Wildman–Crippen MR) is 137 cm³/mol. The average Bonchev–Trinajstić information content (AvgIpc) is 2.89. The fourth-order valence-electron chi connectivity index (χ4n) is 5.15. The number of aromatic nitrogens is 1. The molecule has 170 valence electrons. The van der Waals surface area contributed by atoms with Crippen LogP contribution in [0.25, 0.3) is 11.1 Å². The minimum atomic E-state index is -0.114. The molecule has 33 heavy (non-hydrogen) atoms. The van der Waals surface area contributed by atoms with Crippen LogP contribution < -0.4 is 5.32 Å². The summed E-state index contributed by atoms with van der Waals surface area (Å²) in [6.45, 7) is 2.57. The summed E-state index contributed by atoms with van der Waals surface area (Å²) >= 11 is 1.86. The van der Waals surface area contributed by atoms with E-state index in [1.54, 1.807) is 6.20 Å². The normalized spacial score (nSPS) is 20.7. The first kappa shape index (κ1) is 22.2. The van der Waals surface area contributed by atoms with E-state index in [1.807, 2.05) is 66.4 Å². The molecule has 0 radical (unpaired) electrons. The van der Waals surface area contributed by atoms with E-state index >= 15 is 0 Å². The fraction of sp³-hybridized carbons (Fsp3) is 0.357. The lowest BCUT2D eigenvalue weighted by Gasteiger charge is -2.44. The highest BCUT2D eigenvalue weighted by atomic mass is 32.2. The van der Waals surface area contributed by atoms with Crippen molar-refractivity contribution in [1.29, 1.82) is 0 Å². The van der Waals surface area contributed by atoms with Gasteiger partial charge < -0.3 is 10.2 Å². The van der Waals surface area contributed by atoms with Crippen LogP contribution in [0.2, 0.25) is 0 Å². The minimum Gasteiger partial charge on any atom is -0.321 e. The number of hydrogen-bond donors (Lipinski definition) is 1. The standard InChI is InChI=1S/C28H31N3OS/c32-28(23-13-11-22(12-14-23)21-7-2-1-3-8-21)30-25-15-16-27(29-19-25)33-20-24-9-6-18-31-17-5-4-10-26(24)31/h1-3,7-8,11-16,19,24,26H,4-6,9-10,17-18,20H2,(H,30,32)/t24-,26+/m0/s1. The molecule has 0 bridgehead atoms. The molecule has 1 amide bonds. The first-order chi connectivity index (χ1) is 16.3. The molecule has 2 atom stereocenters. The number of nitrogens with zero attached hydrogens (tertiary/aromatic N) is 2. The van der Waals surface area contributed by atoms with E-state index in [4.69, 9.17) is 0 Å². The summed E-state index contributed by atoms with van der Waals surface area (Å²) in [5.74, 6) is 1.79. The smallest absolute Gasteiger partial charge is 0.255 e. The maximum atomic E-state index is 12.7. The summed E-state index contributed by atoms with van der Waals surface area (Å²) < 4.78 is 0. The molecule has 2 aliphatic rings. The highest BCUT2D eigenvalue weighted by Crippen LogP contribution is 2.34. The number of nitrogens with one attached hydrogen (secondary N) is 1. The van der Waals surface area contributed by atoms with Gasteiger partial charge in [0.15, 0.2) is 0 Å². The minimum absolute atomic E-state index is 0.114. The topological polar surface area (TPSA) is 45.2 Å². The molecule has 2 aliphatic heterocycles. The number of carbonyl (C=O) groups excluding carboxylic acids is 1. The molecule has 3 aromatic rings. The van der Waals surface area contributed by atoms with Gasteiger partial charge >= 0.3 is 0 Å². The molecule has 2 fully saturated rings. The van der Waals surface area contributed by atoms with Crippen LogP contribution in [-0.4, -0.2) is 40.7 Å². The van der Waals surface area contributed by atoms with Crippen LogP contribution in [-0.2, 0) is 0 Å². The van der Waals surface area contributed by atoms with Crippen LogP contribution in [0.5, 0.6) is 0 Å². The quantitative estimate of drug-likeness (QED) is 0.438. The Bertz CT molecular complexity index is 1050. The number of pyridine rings is 1. The van der Waals surface area contributed by atoms with Crippen molar-refractivity contribution in [1.82, 2.24) is 9.88 Å². The Labute approximate surface area is 200 Å². The monoisotopic (exact) mass is 457 g/mol. The average molecular weight is 458 g/mol. The first-order valence-electron chi connectivity index (χ1n) is 12.1. The lowest BCUT2D eigenvalue weighted by Crippen LogP contribution is -2.48. The second kappa shape index (κ2) is 10.5. The van der Waals surface area contributed by atoms with Crippen LogP contribution in [0.1, 0.15) is 42.5 Å². The Kier molecular flexibility index (Phi) is 7.08. The van der Waals surface area contributed by atoms with Crippen molar-refractivity contribution < 1.29 is 4.79 Å². The van der Waals surface area contributed by atoms with E-state index in [1.165, 1.54) is 45.2 Å².